The molecule has 2 aromatic rings. The first kappa shape index (κ1) is 16.9. The molecular formula is C18H21N5O2. The van der Waals surface area contributed by atoms with Crippen LogP contribution in [0.3, 0.4) is 0 Å². The average Bonchev–Trinajstić information content (AvgIpc) is 2.62. The molecule has 0 amide bonds. The second-order valence-corrected chi connectivity index (χ2v) is 5.90. The number of nitrogen functional groups attached to an aromatic ring is 1. The van der Waals surface area contributed by atoms with Crippen molar-refractivity contribution in [3.8, 4) is 0 Å². The Morgan fingerprint density at radius 3 is 3.08 bits per heavy atom. The molecule has 0 spiro atoms. The van der Waals surface area contributed by atoms with Crippen LogP contribution in [-0.4, -0.2) is 36.4 Å². The van der Waals surface area contributed by atoms with Gasteiger partial charge in [0, 0.05) is 24.0 Å². The number of pyridine rings is 1. The third kappa shape index (κ3) is 4.13. The Hall–Kier alpha value is -2.93. The van der Waals surface area contributed by atoms with Gasteiger partial charge in [0.1, 0.15) is 23.8 Å². The minimum atomic E-state index is -0.0490. The zero-order chi connectivity index (χ0) is 17.6. The number of aromatic nitrogens is 1. The van der Waals surface area contributed by atoms with Gasteiger partial charge >= 0.3 is 0 Å². The van der Waals surface area contributed by atoms with Crippen molar-refractivity contribution in [2.75, 3.05) is 24.1 Å². The Balaban J connectivity index is 1.83. The van der Waals surface area contributed by atoms with E-state index in [1.807, 2.05) is 6.07 Å². The highest BCUT2D eigenvalue weighted by molar-refractivity contribution is 6.02. The summed E-state index contributed by atoms with van der Waals surface area (Å²) in [5.74, 6) is 0.221. The van der Waals surface area contributed by atoms with Crippen molar-refractivity contribution >= 4 is 29.4 Å². The molecule has 1 aromatic carbocycles. The van der Waals surface area contributed by atoms with Crippen molar-refractivity contribution in [2.45, 2.75) is 18.9 Å². The largest absolute Gasteiger partial charge is 0.473 e. The van der Waals surface area contributed by atoms with Gasteiger partial charge in [0.05, 0.1) is 5.69 Å². The molecule has 1 aliphatic rings. The highest BCUT2D eigenvalue weighted by atomic mass is 16.5. The lowest BCUT2D eigenvalue weighted by atomic mass is 10.1. The number of nitrogens with two attached hydrogens (primary N) is 1. The average molecular weight is 339 g/mol. The molecule has 1 aliphatic heterocycles. The first-order valence-electron chi connectivity index (χ1n) is 8.20. The van der Waals surface area contributed by atoms with E-state index in [-0.39, 0.29) is 17.8 Å². The third-order valence-electron chi connectivity index (χ3n) is 4.05. The highest BCUT2D eigenvalue weighted by Gasteiger charge is 2.20. The fourth-order valence-electron chi connectivity index (χ4n) is 2.81. The molecule has 0 radical (unpaired) electrons. The number of hydrogen-bond acceptors (Lipinski definition) is 7. The van der Waals surface area contributed by atoms with Crippen molar-refractivity contribution < 1.29 is 9.53 Å². The van der Waals surface area contributed by atoms with E-state index >= 15 is 0 Å². The maximum Gasteiger partial charge on any atom is 0.219 e. The standard InChI is InChI=1S/C18H21N5O2/c19-17-16(18(20)25-14-5-2-7-21-10-14)15(6-8-22-17)23-13-4-1-3-12(9-13)11-24/h1,3-4,6,8-9,11,14,20-21H,2,5,7,10H2,(H3,19,22,23). The Kier molecular flexibility index (Phi) is 5.25. The molecule has 1 aromatic heterocycles. The topological polar surface area (TPSA) is 113 Å². The second-order valence-electron chi connectivity index (χ2n) is 5.90. The number of piperidine rings is 1. The van der Waals surface area contributed by atoms with E-state index in [4.69, 9.17) is 15.9 Å². The lowest BCUT2D eigenvalue weighted by Gasteiger charge is -2.25. The zero-order valence-corrected chi connectivity index (χ0v) is 13.8. The van der Waals surface area contributed by atoms with Crippen LogP contribution in [0.2, 0.25) is 0 Å². The minimum Gasteiger partial charge on any atom is -0.473 e. The number of rotatable bonds is 5. The van der Waals surface area contributed by atoms with Gasteiger partial charge in [0.25, 0.3) is 0 Å². The van der Waals surface area contributed by atoms with Gasteiger partial charge < -0.3 is 21.1 Å². The molecule has 1 unspecified atom stereocenters. The number of nitrogens with zero attached hydrogens (tertiary/aromatic N) is 1. The summed E-state index contributed by atoms with van der Waals surface area (Å²) in [5, 5.41) is 14.8. The van der Waals surface area contributed by atoms with Gasteiger partial charge in [-0.1, -0.05) is 12.1 Å². The van der Waals surface area contributed by atoms with Crippen molar-refractivity contribution in [3.05, 3.63) is 47.7 Å². The number of benzene rings is 1. The number of carbonyl (C=O) groups excluding carboxylic acids is 1. The number of carbonyl (C=O) groups is 1. The van der Waals surface area contributed by atoms with E-state index in [0.29, 0.717) is 23.4 Å². The molecule has 130 valence electrons. The van der Waals surface area contributed by atoms with Gasteiger partial charge in [0.2, 0.25) is 5.90 Å². The molecule has 0 saturated carbocycles. The second kappa shape index (κ2) is 7.76. The van der Waals surface area contributed by atoms with E-state index < -0.39 is 0 Å². The smallest absolute Gasteiger partial charge is 0.219 e. The van der Waals surface area contributed by atoms with Gasteiger partial charge in [-0.3, -0.25) is 10.2 Å². The molecule has 1 fully saturated rings. The van der Waals surface area contributed by atoms with Crippen LogP contribution in [0.1, 0.15) is 28.8 Å². The Labute approximate surface area is 146 Å². The van der Waals surface area contributed by atoms with E-state index in [1.54, 1.807) is 30.5 Å². The highest BCUT2D eigenvalue weighted by Crippen LogP contribution is 2.26. The van der Waals surface area contributed by atoms with E-state index in [1.165, 1.54) is 0 Å². The van der Waals surface area contributed by atoms with Crippen molar-refractivity contribution in [1.82, 2.24) is 10.3 Å². The molecular weight excluding hydrogens is 318 g/mol. The Bertz CT molecular complexity index is 772. The van der Waals surface area contributed by atoms with Crippen LogP contribution in [0.15, 0.2) is 36.5 Å². The minimum absolute atomic E-state index is 0.00616. The summed E-state index contributed by atoms with van der Waals surface area (Å²) >= 11 is 0. The van der Waals surface area contributed by atoms with Crippen molar-refractivity contribution in [1.29, 1.82) is 5.41 Å². The summed E-state index contributed by atoms with van der Waals surface area (Å²) in [5.41, 5.74) is 8.32. The first-order chi connectivity index (χ1) is 12.2. The molecule has 7 nitrogen and oxygen atoms in total. The molecule has 5 N–H and O–H groups in total. The third-order valence-corrected chi connectivity index (χ3v) is 4.05. The van der Waals surface area contributed by atoms with Gasteiger partial charge in [0.15, 0.2) is 0 Å². The molecule has 0 bridgehead atoms. The summed E-state index contributed by atoms with van der Waals surface area (Å²) in [6.07, 6.45) is 4.23. The monoisotopic (exact) mass is 339 g/mol. The van der Waals surface area contributed by atoms with Gasteiger partial charge in [-0.25, -0.2) is 4.98 Å². The maximum absolute atomic E-state index is 10.9. The van der Waals surface area contributed by atoms with Crippen LogP contribution >= 0.6 is 0 Å². The van der Waals surface area contributed by atoms with Crippen LogP contribution in [-0.2, 0) is 4.74 Å². The number of nitrogens with one attached hydrogen (secondary N) is 3. The maximum atomic E-state index is 10.9. The lowest BCUT2D eigenvalue weighted by Crippen LogP contribution is -2.36. The zero-order valence-electron chi connectivity index (χ0n) is 13.8. The predicted molar refractivity (Wildman–Crippen MR) is 97.6 cm³/mol. The summed E-state index contributed by atoms with van der Waals surface area (Å²) in [6.45, 7) is 1.69. The number of hydrogen-bond donors (Lipinski definition) is 4. The quantitative estimate of drug-likeness (QED) is 0.378. The van der Waals surface area contributed by atoms with Crippen LogP contribution < -0.4 is 16.4 Å². The molecule has 25 heavy (non-hydrogen) atoms. The number of aldehydes is 1. The number of anilines is 3. The van der Waals surface area contributed by atoms with Gasteiger partial charge in [-0.2, -0.15) is 0 Å². The first-order valence-corrected chi connectivity index (χ1v) is 8.20. The van der Waals surface area contributed by atoms with Crippen LogP contribution in [0.4, 0.5) is 17.2 Å². The molecule has 7 heteroatoms. The Morgan fingerprint density at radius 1 is 1.44 bits per heavy atom. The van der Waals surface area contributed by atoms with Crippen molar-refractivity contribution in [2.24, 2.45) is 0 Å². The van der Waals surface area contributed by atoms with E-state index in [9.17, 15) is 4.79 Å². The van der Waals surface area contributed by atoms with Gasteiger partial charge in [-0.15, -0.1) is 0 Å². The van der Waals surface area contributed by atoms with E-state index in [2.05, 4.69) is 15.6 Å². The molecule has 1 atom stereocenters. The molecule has 1 saturated heterocycles. The van der Waals surface area contributed by atoms with Crippen LogP contribution in [0.5, 0.6) is 0 Å². The summed E-state index contributed by atoms with van der Waals surface area (Å²) in [7, 11) is 0. The Morgan fingerprint density at radius 2 is 2.32 bits per heavy atom. The molecule has 3 rings (SSSR count). The SMILES string of the molecule is N=C(OC1CCCNC1)c1c(Nc2cccc(C=O)c2)ccnc1N. The van der Waals surface area contributed by atoms with Crippen molar-refractivity contribution in [3.63, 3.8) is 0 Å². The molecule has 2 heterocycles. The predicted octanol–water partition coefficient (Wildman–Crippen LogP) is 2.31. The summed E-state index contributed by atoms with van der Waals surface area (Å²) < 4.78 is 5.79. The fraction of sp³-hybridized carbons (Fsp3) is 0.278. The number of ether oxygens (including phenoxy) is 1. The van der Waals surface area contributed by atoms with Crippen LogP contribution in [0, 0.1) is 5.41 Å². The summed E-state index contributed by atoms with van der Waals surface area (Å²) in [4.78, 5) is 15.0. The van der Waals surface area contributed by atoms with Crippen LogP contribution in [0.25, 0.3) is 0 Å². The molecule has 0 aliphatic carbocycles. The fourth-order valence-corrected chi connectivity index (χ4v) is 2.81. The summed E-state index contributed by atoms with van der Waals surface area (Å²) in [6, 6.07) is 8.80. The lowest BCUT2D eigenvalue weighted by molar-refractivity contribution is 0.112. The van der Waals surface area contributed by atoms with E-state index in [0.717, 1.165) is 31.4 Å². The normalized spacial score (nSPS) is 16.9. The van der Waals surface area contributed by atoms with Gasteiger partial charge in [-0.05, 0) is 37.6 Å².